The van der Waals surface area contributed by atoms with Crippen LogP contribution in [-0.2, 0) is 13.2 Å². The van der Waals surface area contributed by atoms with Crippen LogP contribution in [0.3, 0.4) is 0 Å². The Balaban J connectivity index is 1.63. The third-order valence-corrected chi connectivity index (χ3v) is 5.36. The van der Waals surface area contributed by atoms with Crippen molar-refractivity contribution >= 4 is 34.8 Å². The minimum atomic E-state index is -4.59. The average molecular weight is 518 g/mol. The number of benzene rings is 2. The zero-order valence-electron chi connectivity index (χ0n) is 16.5. The molecule has 0 unspecified atom stereocenters. The molecule has 0 saturated carbocycles. The topological polar surface area (TPSA) is 52.8 Å². The van der Waals surface area contributed by atoms with Gasteiger partial charge in [-0.3, -0.25) is 0 Å². The first-order valence-electron chi connectivity index (χ1n) is 9.10. The van der Waals surface area contributed by atoms with E-state index in [1.165, 1.54) is 35.0 Å². The van der Waals surface area contributed by atoms with Gasteiger partial charge in [-0.05, 0) is 36.4 Å². The number of pyridine rings is 1. The minimum Gasteiger partial charge on any atom is -0.436 e. The molecule has 0 saturated heterocycles. The molecule has 170 valence electrons. The molecule has 5 nitrogen and oxygen atoms in total. The second-order valence-corrected chi connectivity index (χ2v) is 7.96. The fourth-order valence-corrected chi connectivity index (χ4v) is 3.61. The van der Waals surface area contributed by atoms with E-state index in [9.17, 15) is 17.6 Å². The van der Waals surface area contributed by atoms with Gasteiger partial charge in [-0.1, -0.05) is 40.9 Å². The zero-order chi connectivity index (χ0) is 23.9. The lowest BCUT2D eigenvalue weighted by atomic mass is 10.2. The highest BCUT2D eigenvalue weighted by atomic mass is 35.5. The smallest absolute Gasteiger partial charge is 0.417 e. The van der Waals surface area contributed by atoms with Crippen LogP contribution in [0.4, 0.5) is 17.6 Å². The van der Waals surface area contributed by atoms with Crippen molar-refractivity contribution in [1.29, 1.82) is 0 Å². The maximum absolute atomic E-state index is 14.2. The third-order valence-electron chi connectivity index (χ3n) is 4.48. The predicted molar refractivity (Wildman–Crippen MR) is 116 cm³/mol. The second-order valence-electron chi connectivity index (χ2n) is 6.74. The molecule has 2 aromatic heterocycles. The Kier molecular flexibility index (Phi) is 6.22. The maximum Gasteiger partial charge on any atom is 0.417 e. The monoisotopic (exact) mass is 516 g/mol. The van der Waals surface area contributed by atoms with Crippen molar-refractivity contribution in [2.24, 2.45) is 7.05 Å². The quantitative estimate of drug-likeness (QED) is 0.264. The summed E-state index contributed by atoms with van der Waals surface area (Å²) < 4.78 is 59.5. The average Bonchev–Trinajstić information content (AvgIpc) is 3.11. The lowest BCUT2D eigenvalue weighted by Gasteiger charge is -2.11. The molecule has 0 aliphatic carbocycles. The van der Waals surface area contributed by atoms with E-state index in [1.54, 1.807) is 13.1 Å². The molecule has 0 N–H and O–H groups in total. The summed E-state index contributed by atoms with van der Waals surface area (Å²) in [5.41, 5.74) is -0.419. The van der Waals surface area contributed by atoms with Crippen LogP contribution in [0.1, 0.15) is 5.56 Å². The van der Waals surface area contributed by atoms with Gasteiger partial charge >= 0.3 is 6.18 Å². The summed E-state index contributed by atoms with van der Waals surface area (Å²) in [7, 11) is 1.62. The minimum absolute atomic E-state index is 0.0649. The predicted octanol–water partition coefficient (Wildman–Crippen LogP) is 7.45. The van der Waals surface area contributed by atoms with Gasteiger partial charge in [0.2, 0.25) is 5.88 Å². The van der Waals surface area contributed by atoms with E-state index in [0.29, 0.717) is 23.7 Å². The fraction of sp³-hybridized carbons (Fsp3) is 0.0952. The molecule has 4 rings (SSSR count). The number of alkyl halides is 3. The molecular weight excluding hydrogens is 507 g/mol. The molecular formula is C21H11Cl3F4N4O. The van der Waals surface area contributed by atoms with Gasteiger partial charge in [0.05, 0.1) is 21.2 Å². The Hall–Kier alpha value is -2.88. The van der Waals surface area contributed by atoms with Crippen LogP contribution in [0.25, 0.3) is 22.8 Å². The van der Waals surface area contributed by atoms with Gasteiger partial charge in [-0.2, -0.15) is 18.3 Å². The van der Waals surface area contributed by atoms with Crippen LogP contribution in [0.15, 0.2) is 48.7 Å². The second kappa shape index (κ2) is 8.81. The standard InChI is InChI=1S/C21H11Cl3F4N4O/c1-32-19(30-18(31-32)17-12(22)3-2-4-15(17)25)10-5-6-16(13(23)7-10)33-20-14(24)8-11(9-29-20)21(26,27)28/h2-9H,1H3. The molecule has 0 aliphatic heterocycles. The summed E-state index contributed by atoms with van der Waals surface area (Å²) >= 11 is 18.3. The first-order valence-corrected chi connectivity index (χ1v) is 10.2. The summed E-state index contributed by atoms with van der Waals surface area (Å²) in [6.45, 7) is 0. The Labute approximate surface area is 199 Å². The summed E-state index contributed by atoms with van der Waals surface area (Å²) in [4.78, 5) is 7.98. The van der Waals surface area contributed by atoms with E-state index in [0.717, 1.165) is 0 Å². The molecule has 33 heavy (non-hydrogen) atoms. The van der Waals surface area contributed by atoms with Crippen molar-refractivity contribution in [3.05, 3.63) is 75.1 Å². The van der Waals surface area contributed by atoms with Gasteiger partial charge < -0.3 is 4.74 Å². The molecule has 12 heteroatoms. The van der Waals surface area contributed by atoms with Crippen LogP contribution in [0, 0.1) is 5.82 Å². The van der Waals surface area contributed by atoms with Crippen LogP contribution in [0.5, 0.6) is 11.6 Å². The van der Waals surface area contributed by atoms with Gasteiger partial charge in [-0.25, -0.2) is 19.0 Å². The summed E-state index contributed by atoms with van der Waals surface area (Å²) in [5, 5.41) is 4.17. The van der Waals surface area contributed by atoms with E-state index >= 15 is 0 Å². The van der Waals surface area contributed by atoms with Crippen molar-refractivity contribution in [3.63, 3.8) is 0 Å². The van der Waals surface area contributed by atoms with Gasteiger partial charge in [-0.15, -0.1) is 0 Å². The Morgan fingerprint density at radius 2 is 1.73 bits per heavy atom. The van der Waals surface area contributed by atoms with Crippen molar-refractivity contribution in [2.75, 3.05) is 0 Å². The molecule has 0 amide bonds. The molecule has 0 spiro atoms. The number of nitrogens with zero attached hydrogens (tertiary/aromatic N) is 4. The highest BCUT2D eigenvalue weighted by molar-refractivity contribution is 6.33. The molecule has 0 radical (unpaired) electrons. The summed E-state index contributed by atoms with van der Waals surface area (Å²) in [6.07, 6.45) is -3.98. The molecule has 0 bridgehead atoms. The van der Waals surface area contributed by atoms with Crippen LogP contribution in [-0.4, -0.2) is 19.7 Å². The largest absolute Gasteiger partial charge is 0.436 e. The normalized spacial score (nSPS) is 11.6. The number of aromatic nitrogens is 4. The zero-order valence-corrected chi connectivity index (χ0v) is 18.7. The van der Waals surface area contributed by atoms with Gasteiger partial charge in [0.1, 0.15) is 16.6 Å². The number of hydrogen-bond acceptors (Lipinski definition) is 4. The number of ether oxygens (including phenoxy) is 1. The van der Waals surface area contributed by atoms with Gasteiger partial charge in [0.15, 0.2) is 11.6 Å². The first-order chi connectivity index (χ1) is 15.5. The highest BCUT2D eigenvalue weighted by Crippen LogP contribution is 2.38. The Morgan fingerprint density at radius 1 is 0.970 bits per heavy atom. The molecule has 4 aromatic rings. The molecule has 0 aliphatic rings. The van der Waals surface area contributed by atoms with Gasteiger partial charge in [0.25, 0.3) is 0 Å². The lowest BCUT2D eigenvalue weighted by Crippen LogP contribution is -2.05. The Morgan fingerprint density at radius 3 is 2.36 bits per heavy atom. The number of hydrogen-bond donors (Lipinski definition) is 0. The first kappa shape index (κ1) is 23.3. The highest BCUT2D eigenvalue weighted by Gasteiger charge is 2.32. The summed E-state index contributed by atoms with van der Waals surface area (Å²) in [6, 6.07) is 9.53. The number of rotatable bonds is 4. The molecule has 2 aromatic carbocycles. The summed E-state index contributed by atoms with van der Waals surface area (Å²) in [5.74, 6) is -0.248. The molecule has 0 atom stereocenters. The van der Waals surface area contributed by atoms with Crippen molar-refractivity contribution in [2.45, 2.75) is 6.18 Å². The number of halogens is 7. The molecule has 0 fully saturated rings. The van der Waals surface area contributed by atoms with Crippen LogP contribution in [0.2, 0.25) is 15.1 Å². The van der Waals surface area contributed by atoms with Crippen LogP contribution >= 0.6 is 34.8 Å². The SMILES string of the molecule is Cn1nc(-c2c(F)cccc2Cl)nc1-c1ccc(Oc2ncc(C(F)(F)F)cc2Cl)c(Cl)c1. The third kappa shape index (κ3) is 4.75. The lowest BCUT2D eigenvalue weighted by molar-refractivity contribution is -0.137. The molecule has 2 heterocycles. The van der Waals surface area contributed by atoms with E-state index in [-0.39, 0.29) is 38.1 Å². The maximum atomic E-state index is 14.2. The van der Waals surface area contributed by atoms with Gasteiger partial charge in [0, 0.05) is 18.8 Å². The Bertz CT molecular complexity index is 1340. The van der Waals surface area contributed by atoms with E-state index in [4.69, 9.17) is 39.5 Å². The van der Waals surface area contributed by atoms with Crippen molar-refractivity contribution in [3.8, 4) is 34.4 Å². The number of aryl methyl sites for hydroxylation is 1. The van der Waals surface area contributed by atoms with E-state index in [2.05, 4.69) is 15.1 Å². The van der Waals surface area contributed by atoms with E-state index < -0.39 is 17.6 Å². The van der Waals surface area contributed by atoms with Crippen LogP contribution < -0.4 is 4.74 Å². The fourth-order valence-electron chi connectivity index (χ4n) is 2.94. The van der Waals surface area contributed by atoms with E-state index in [1.807, 2.05) is 0 Å². The van der Waals surface area contributed by atoms with Crippen molar-refractivity contribution < 1.29 is 22.3 Å². The van der Waals surface area contributed by atoms with Crippen molar-refractivity contribution in [1.82, 2.24) is 19.7 Å².